The van der Waals surface area contributed by atoms with E-state index >= 15 is 0 Å². The molecule has 6 nitrogen and oxygen atoms in total. The lowest BCUT2D eigenvalue weighted by Crippen LogP contribution is -2.46. The molecule has 1 fully saturated rings. The zero-order chi connectivity index (χ0) is 15.0. The van der Waals surface area contributed by atoms with Crippen molar-refractivity contribution in [2.75, 3.05) is 11.5 Å². The molecular weight excluding hydrogens is 300 g/mol. The first-order valence-corrected chi connectivity index (χ1v) is 9.50. The highest BCUT2D eigenvalue weighted by Gasteiger charge is 2.41. The summed E-state index contributed by atoms with van der Waals surface area (Å²) in [6.07, 6.45) is 0.287. The molecule has 3 N–H and O–H groups in total. The highest BCUT2D eigenvalue weighted by molar-refractivity contribution is 7.92. The van der Waals surface area contributed by atoms with Gasteiger partial charge in [-0.15, -0.1) is 0 Å². The van der Waals surface area contributed by atoms with Crippen LogP contribution in [-0.2, 0) is 26.4 Å². The largest absolute Gasteiger partial charge is 0.326 e. The van der Waals surface area contributed by atoms with Crippen molar-refractivity contribution < 1.29 is 16.8 Å². The van der Waals surface area contributed by atoms with Gasteiger partial charge in [-0.1, -0.05) is 12.1 Å². The topological polar surface area (TPSA) is 106 Å². The van der Waals surface area contributed by atoms with Crippen LogP contribution in [0.5, 0.6) is 0 Å². The zero-order valence-electron chi connectivity index (χ0n) is 11.2. The Balaban J connectivity index is 2.23. The van der Waals surface area contributed by atoms with Crippen LogP contribution in [0.25, 0.3) is 0 Å². The van der Waals surface area contributed by atoms with E-state index in [0.717, 1.165) is 5.56 Å². The Kier molecular flexibility index (Phi) is 3.94. The van der Waals surface area contributed by atoms with E-state index in [1.54, 1.807) is 19.1 Å². The molecule has 112 valence electrons. The molecule has 2 rings (SSSR count). The smallest absolute Gasteiger partial charge is 0.241 e. The maximum absolute atomic E-state index is 12.3. The monoisotopic (exact) mass is 318 g/mol. The van der Waals surface area contributed by atoms with Crippen molar-refractivity contribution in [1.82, 2.24) is 4.72 Å². The van der Waals surface area contributed by atoms with Crippen molar-refractivity contribution >= 4 is 19.9 Å². The molecule has 1 atom stereocenters. The van der Waals surface area contributed by atoms with Crippen LogP contribution < -0.4 is 10.5 Å². The summed E-state index contributed by atoms with van der Waals surface area (Å²) in [7, 11) is -6.90. The Hall–Kier alpha value is -0.960. The van der Waals surface area contributed by atoms with Crippen molar-refractivity contribution in [1.29, 1.82) is 0 Å². The summed E-state index contributed by atoms with van der Waals surface area (Å²) in [5.41, 5.74) is 5.35. The molecule has 1 heterocycles. The van der Waals surface area contributed by atoms with Gasteiger partial charge in [-0.3, -0.25) is 0 Å². The SMILES string of the molecule is CC1(NS(=O)(=O)c2ccc(CN)cc2)CCS(=O)(=O)C1. The van der Waals surface area contributed by atoms with Gasteiger partial charge < -0.3 is 5.73 Å². The van der Waals surface area contributed by atoms with Crippen LogP contribution in [0, 0.1) is 0 Å². The molecule has 1 unspecified atom stereocenters. The lowest BCUT2D eigenvalue weighted by Gasteiger charge is -2.23. The minimum Gasteiger partial charge on any atom is -0.326 e. The van der Waals surface area contributed by atoms with Crippen LogP contribution in [0.4, 0.5) is 0 Å². The van der Waals surface area contributed by atoms with Gasteiger partial charge in [-0.05, 0) is 31.0 Å². The average Bonchev–Trinajstić information content (AvgIpc) is 2.62. The highest BCUT2D eigenvalue weighted by atomic mass is 32.2. The van der Waals surface area contributed by atoms with Gasteiger partial charge in [0.2, 0.25) is 10.0 Å². The van der Waals surface area contributed by atoms with Crippen LogP contribution in [0.3, 0.4) is 0 Å². The van der Waals surface area contributed by atoms with Crippen molar-refractivity contribution in [2.24, 2.45) is 5.73 Å². The van der Waals surface area contributed by atoms with Gasteiger partial charge >= 0.3 is 0 Å². The molecule has 0 amide bonds. The molecule has 1 aliphatic heterocycles. The quantitative estimate of drug-likeness (QED) is 0.813. The van der Waals surface area contributed by atoms with E-state index in [1.165, 1.54) is 12.1 Å². The Bertz CT molecular complexity index is 695. The molecule has 1 aromatic carbocycles. The van der Waals surface area contributed by atoms with Gasteiger partial charge in [-0.25, -0.2) is 21.6 Å². The van der Waals surface area contributed by atoms with E-state index in [0.29, 0.717) is 6.54 Å². The third-order valence-corrected chi connectivity index (χ3v) is 6.91. The maximum atomic E-state index is 12.3. The Labute approximate surface area is 119 Å². The van der Waals surface area contributed by atoms with Crippen molar-refractivity contribution in [3.05, 3.63) is 29.8 Å². The van der Waals surface area contributed by atoms with Crippen molar-refractivity contribution in [3.8, 4) is 0 Å². The van der Waals surface area contributed by atoms with Crippen LogP contribution in [-0.4, -0.2) is 33.9 Å². The van der Waals surface area contributed by atoms with Gasteiger partial charge in [0.15, 0.2) is 9.84 Å². The van der Waals surface area contributed by atoms with Gasteiger partial charge in [0.05, 0.1) is 16.4 Å². The molecule has 1 aromatic rings. The summed E-state index contributed by atoms with van der Waals surface area (Å²) in [4.78, 5) is 0.111. The normalized spacial score (nSPS) is 25.7. The molecule has 0 aliphatic carbocycles. The number of nitrogens with one attached hydrogen (secondary N) is 1. The van der Waals surface area contributed by atoms with Crippen molar-refractivity contribution in [3.63, 3.8) is 0 Å². The zero-order valence-corrected chi connectivity index (χ0v) is 12.8. The third-order valence-electron chi connectivity index (χ3n) is 3.35. The number of nitrogens with two attached hydrogens (primary N) is 1. The summed E-state index contributed by atoms with van der Waals surface area (Å²) < 4.78 is 50.0. The minimum atomic E-state index is -3.73. The van der Waals surface area contributed by atoms with Crippen LogP contribution in [0.1, 0.15) is 18.9 Å². The lowest BCUT2D eigenvalue weighted by atomic mass is 10.0. The van der Waals surface area contributed by atoms with Crippen LogP contribution in [0.2, 0.25) is 0 Å². The van der Waals surface area contributed by atoms with Gasteiger partial charge in [0.1, 0.15) is 0 Å². The fourth-order valence-electron chi connectivity index (χ4n) is 2.28. The number of hydrogen-bond acceptors (Lipinski definition) is 5. The Morgan fingerprint density at radius 1 is 1.30 bits per heavy atom. The van der Waals surface area contributed by atoms with Gasteiger partial charge in [0, 0.05) is 12.1 Å². The third kappa shape index (κ3) is 3.38. The fourth-order valence-corrected chi connectivity index (χ4v) is 5.90. The maximum Gasteiger partial charge on any atom is 0.241 e. The van der Waals surface area contributed by atoms with E-state index in [9.17, 15) is 16.8 Å². The number of sulfone groups is 1. The first-order chi connectivity index (χ1) is 9.16. The number of benzene rings is 1. The molecular formula is C12H18N2O4S2. The molecule has 8 heteroatoms. The summed E-state index contributed by atoms with van der Waals surface area (Å²) >= 11 is 0. The first kappa shape index (κ1) is 15.4. The second kappa shape index (κ2) is 5.10. The second-order valence-corrected chi connectivity index (χ2v) is 9.22. The van der Waals surface area contributed by atoms with Crippen LogP contribution >= 0.6 is 0 Å². The molecule has 0 spiro atoms. The molecule has 0 saturated carbocycles. The van der Waals surface area contributed by atoms with E-state index in [-0.39, 0.29) is 22.8 Å². The predicted octanol–water partition coefficient (Wildman–Crippen LogP) is 0.000800. The van der Waals surface area contributed by atoms with Gasteiger partial charge in [0.25, 0.3) is 0 Å². The summed E-state index contributed by atoms with van der Waals surface area (Å²) in [6, 6.07) is 6.22. The molecule has 0 radical (unpaired) electrons. The summed E-state index contributed by atoms with van der Waals surface area (Å²) in [5, 5.41) is 0. The molecule has 0 aromatic heterocycles. The van der Waals surface area contributed by atoms with Crippen LogP contribution in [0.15, 0.2) is 29.2 Å². The number of sulfonamides is 1. The van der Waals surface area contributed by atoms with Gasteiger partial charge in [-0.2, -0.15) is 0 Å². The second-order valence-electron chi connectivity index (χ2n) is 5.36. The minimum absolute atomic E-state index is 0.0120. The Morgan fingerprint density at radius 2 is 1.90 bits per heavy atom. The van der Waals surface area contributed by atoms with Crippen molar-refractivity contribution in [2.45, 2.75) is 30.3 Å². The van der Waals surface area contributed by atoms with E-state index in [2.05, 4.69) is 4.72 Å². The van der Waals surface area contributed by atoms with E-state index in [1.807, 2.05) is 0 Å². The fraction of sp³-hybridized carbons (Fsp3) is 0.500. The van der Waals surface area contributed by atoms with E-state index < -0.39 is 25.4 Å². The number of hydrogen-bond donors (Lipinski definition) is 2. The number of rotatable bonds is 4. The molecule has 20 heavy (non-hydrogen) atoms. The first-order valence-electron chi connectivity index (χ1n) is 6.19. The van der Waals surface area contributed by atoms with E-state index in [4.69, 9.17) is 5.73 Å². The Morgan fingerprint density at radius 3 is 2.35 bits per heavy atom. The molecule has 0 bridgehead atoms. The average molecular weight is 318 g/mol. The molecule has 1 saturated heterocycles. The lowest BCUT2D eigenvalue weighted by molar-refractivity contribution is 0.462. The highest BCUT2D eigenvalue weighted by Crippen LogP contribution is 2.25. The molecule has 1 aliphatic rings. The summed E-state index contributed by atoms with van der Waals surface area (Å²) in [5.74, 6) is -0.155. The standard InChI is InChI=1S/C12H18N2O4S2/c1-12(6-7-19(15,16)9-12)14-20(17,18)11-4-2-10(8-13)3-5-11/h2-5,14H,6-9,13H2,1H3. The predicted molar refractivity (Wildman–Crippen MR) is 76.3 cm³/mol. The summed E-state index contributed by atoms with van der Waals surface area (Å²) in [6.45, 7) is 1.95.